The van der Waals surface area contributed by atoms with Gasteiger partial charge in [0.15, 0.2) is 0 Å². The van der Waals surface area contributed by atoms with Crippen LogP contribution in [-0.2, 0) is 9.47 Å². The van der Waals surface area contributed by atoms with Crippen LogP contribution >= 0.6 is 0 Å². The molecule has 1 aliphatic rings. The van der Waals surface area contributed by atoms with Crippen molar-refractivity contribution in [2.45, 2.75) is 50.7 Å². The van der Waals surface area contributed by atoms with Crippen LogP contribution in [0, 0.1) is 0 Å². The fraction of sp³-hybridized carbons (Fsp3) is 1.00. The van der Waals surface area contributed by atoms with Gasteiger partial charge in [0.2, 0.25) is 0 Å². The Morgan fingerprint density at radius 2 is 1.44 bits per heavy atom. The number of rotatable bonds is 8. The van der Waals surface area contributed by atoms with Crippen molar-refractivity contribution in [3.63, 3.8) is 0 Å². The summed E-state index contributed by atoms with van der Waals surface area (Å²) in [6.45, 7) is 3.38. The first-order valence-electron chi connectivity index (χ1n) is 6.59. The van der Waals surface area contributed by atoms with E-state index in [-0.39, 0.29) is 0 Å². The molecule has 5 N–H and O–H groups in total. The quantitative estimate of drug-likeness (QED) is 0.591. The molecular formula is C12H27N2O2+. The van der Waals surface area contributed by atoms with Crippen LogP contribution in [0.2, 0.25) is 0 Å². The van der Waals surface area contributed by atoms with Gasteiger partial charge in [-0.25, -0.2) is 0 Å². The van der Waals surface area contributed by atoms with Crippen LogP contribution in [0.4, 0.5) is 0 Å². The summed E-state index contributed by atoms with van der Waals surface area (Å²) in [4.78, 5) is 0. The number of ether oxygens (including phenoxy) is 2. The second-order valence-corrected chi connectivity index (χ2v) is 4.49. The largest absolute Gasteiger partial charge is 0.378 e. The van der Waals surface area contributed by atoms with Gasteiger partial charge in [-0.15, -0.1) is 0 Å². The predicted octanol–water partition coefficient (Wildman–Crippen LogP) is 0.312. The Morgan fingerprint density at radius 3 is 1.88 bits per heavy atom. The third kappa shape index (κ3) is 5.80. The van der Waals surface area contributed by atoms with Crippen molar-refractivity contribution in [2.24, 2.45) is 5.73 Å². The maximum Gasteiger partial charge on any atom is 0.0762 e. The van der Waals surface area contributed by atoms with Gasteiger partial charge in [-0.1, -0.05) is 0 Å². The molecule has 0 aromatic heterocycles. The van der Waals surface area contributed by atoms with Crippen molar-refractivity contribution in [3.8, 4) is 0 Å². The summed E-state index contributed by atoms with van der Waals surface area (Å²) < 4.78 is 11.5. The van der Waals surface area contributed by atoms with Crippen LogP contribution in [0.15, 0.2) is 0 Å². The summed E-state index contributed by atoms with van der Waals surface area (Å²) in [5.74, 6) is 0. The first kappa shape index (κ1) is 13.9. The number of nitrogens with two attached hydrogens (primary N) is 1. The van der Waals surface area contributed by atoms with E-state index in [0.717, 1.165) is 64.8 Å². The van der Waals surface area contributed by atoms with Crippen molar-refractivity contribution in [1.82, 2.24) is 0 Å². The molecule has 16 heavy (non-hydrogen) atoms. The Hall–Kier alpha value is -0.160. The molecule has 0 aliphatic heterocycles. The number of hydrogen-bond donors (Lipinski definition) is 2. The van der Waals surface area contributed by atoms with E-state index >= 15 is 0 Å². The van der Waals surface area contributed by atoms with Gasteiger partial charge in [-0.05, 0) is 38.6 Å². The van der Waals surface area contributed by atoms with Crippen molar-refractivity contribution < 1.29 is 15.2 Å². The fourth-order valence-electron chi connectivity index (χ4n) is 2.05. The molecule has 0 heterocycles. The Balaban J connectivity index is 2.00. The van der Waals surface area contributed by atoms with Crippen LogP contribution in [0.1, 0.15) is 38.5 Å². The molecule has 96 valence electrons. The van der Waals surface area contributed by atoms with Crippen LogP contribution in [0.25, 0.3) is 0 Å². The molecule has 4 heteroatoms. The molecule has 0 spiro atoms. The number of quaternary nitrogens is 1. The minimum Gasteiger partial charge on any atom is -0.378 e. The van der Waals surface area contributed by atoms with Crippen molar-refractivity contribution >= 4 is 0 Å². The van der Waals surface area contributed by atoms with E-state index in [4.69, 9.17) is 15.2 Å². The Kier molecular flexibility index (Phi) is 7.76. The lowest BCUT2D eigenvalue weighted by atomic mass is 9.95. The zero-order valence-corrected chi connectivity index (χ0v) is 10.3. The van der Waals surface area contributed by atoms with Gasteiger partial charge in [0.05, 0.1) is 25.4 Å². The number of hydrogen-bond acceptors (Lipinski definition) is 3. The molecule has 0 saturated heterocycles. The Bertz CT molecular complexity index is 141. The highest BCUT2D eigenvalue weighted by molar-refractivity contribution is 4.73. The summed E-state index contributed by atoms with van der Waals surface area (Å²) in [5.41, 5.74) is 9.24. The smallest absolute Gasteiger partial charge is 0.0762 e. The monoisotopic (exact) mass is 231 g/mol. The summed E-state index contributed by atoms with van der Waals surface area (Å²) in [6, 6.07) is 0. The van der Waals surface area contributed by atoms with E-state index in [2.05, 4.69) is 5.73 Å². The van der Waals surface area contributed by atoms with E-state index in [9.17, 15) is 0 Å². The molecule has 1 fully saturated rings. The molecule has 1 saturated carbocycles. The first-order valence-corrected chi connectivity index (χ1v) is 6.59. The molecule has 0 unspecified atom stereocenters. The van der Waals surface area contributed by atoms with Crippen LogP contribution in [0.3, 0.4) is 0 Å². The molecule has 0 aromatic carbocycles. The average molecular weight is 231 g/mol. The van der Waals surface area contributed by atoms with Gasteiger partial charge in [-0.3, -0.25) is 0 Å². The average Bonchev–Trinajstić information content (AvgIpc) is 2.32. The molecular weight excluding hydrogens is 204 g/mol. The zero-order valence-electron chi connectivity index (χ0n) is 10.3. The molecule has 1 aliphatic carbocycles. The predicted molar refractivity (Wildman–Crippen MR) is 64.0 cm³/mol. The molecule has 0 bridgehead atoms. The second kappa shape index (κ2) is 8.93. The van der Waals surface area contributed by atoms with E-state index < -0.39 is 0 Å². The second-order valence-electron chi connectivity index (χ2n) is 4.49. The maximum atomic E-state index is 5.78. The van der Waals surface area contributed by atoms with Crippen LogP contribution in [-0.4, -0.2) is 38.5 Å². The van der Waals surface area contributed by atoms with E-state index in [0.29, 0.717) is 12.2 Å². The Morgan fingerprint density at radius 1 is 0.938 bits per heavy atom. The zero-order chi connectivity index (χ0) is 11.6. The third-order valence-corrected chi connectivity index (χ3v) is 3.07. The maximum absolute atomic E-state index is 5.78. The molecule has 0 amide bonds. The van der Waals surface area contributed by atoms with Gasteiger partial charge in [0.1, 0.15) is 0 Å². The Labute approximate surface area is 98.7 Å². The molecule has 1 rings (SSSR count). The summed E-state index contributed by atoms with van der Waals surface area (Å²) in [7, 11) is 0. The minimum atomic E-state index is 0.444. The summed E-state index contributed by atoms with van der Waals surface area (Å²) in [5, 5.41) is 0. The van der Waals surface area contributed by atoms with Crippen LogP contribution < -0.4 is 11.5 Å². The van der Waals surface area contributed by atoms with Gasteiger partial charge >= 0.3 is 0 Å². The molecule has 0 atom stereocenters. The van der Waals surface area contributed by atoms with Gasteiger partial charge < -0.3 is 20.9 Å². The summed E-state index contributed by atoms with van der Waals surface area (Å²) >= 11 is 0. The molecule has 0 aromatic rings. The SMILES string of the molecule is NCCCOC1CCC(OCCC[NH3+])CC1. The van der Waals surface area contributed by atoms with Gasteiger partial charge in [0.25, 0.3) is 0 Å². The lowest BCUT2D eigenvalue weighted by Gasteiger charge is -2.28. The van der Waals surface area contributed by atoms with Crippen LogP contribution in [0.5, 0.6) is 0 Å². The topological polar surface area (TPSA) is 72.1 Å². The minimum absolute atomic E-state index is 0.444. The van der Waals surface area contributed by atoms with Gasteiger partial charge in [0, 0.05) is 13.0 Å². The summed E-state index contributed by atoms with van der Waals surface area (Å²) in [6.07, 6.45) is 7.51. The highest BCUT2D eigenvalue weighted by Crippen LogP contribution is 2.23. The highest BCUT2D eigenvalue weighted by atomic mass is 16.5. The van der Waals surface area contributed by atoms with Crippen molar-refractivity contribution in [2.75, 3.05) is 26.3 Å². The van der Waals surface area contributed by atoms with Gasteiger partial charge in [-0.2, -0.15) is 0 Å². The lowest BCUT2D eigenvalue weighted by Crippen LogP contribution is -2.50. The molecule has 0 radical (unpaired) electrons. The highest BCUT2D eigenvalue weighted by Gasteiger charge is 2.21. The van der Waals surface area contributed by atoms with E-state index in [1.165, 1.54) is 0 Å². The lowest BCUT2D eigenvalue weighted by molar-refractivity contribution is -0.369. The van der Waals surface area contributed by atoms with E-state index in [1.807, 2.05) is 0 Å². The fourth-order valence-corrected chi connectivity index (χ4v) is 2.05. The van der Waals surface area contributed by atoms with Crippen molar-refractivity contribution in [3.05, 3.63) is 0 Å². The molecule has 4 nitrogen and oxygen atoms in total. The van der Waals surface area contributed by atoms with E-state index in [1.54, 1.807) is 0 Å². The normalized spacial score (nSPS) is 25.9. The third-order valence-electron chi connectivity index (χ3n) is 3.07. The first-order chi connectivity index (χ1) is 7.86. The van der Waals surface area contributed by atoms with Crippen molar-refractivity contribution in [1.29, 1.82) is 0 Å². The standard InChI is InChI=1S/C12H26N2O2/c13-7-1-9-15-11-3-5-12(6-4-11)16-10-2-8-14/h11-12H,1-10,13-14H2/p+1.